The van der Waals surface area contributed by atoms with E-state index in [1.165, 1.54) is 88.5 Å². The lowest BCUT2D eigenvalue weighted by Gasteiger charge is -2.54. The van der Waals surface area contributed by atoms with Gasteiger partial charge in [0.15, 0.2) is 0 Å². The number of benzene rings is 1. The van der Waals surface area contributed by atoms with Crippen molar-refractivity contribution in [3.8, 4) is 12.1 Å². The maximum Gasteiger partial charge on any atom is 0.137 e. The van der Waals surface area contributed by atoms with Gasteiger partial charge in [-0.25, -0.2) is 0 Å². The molecule has 0 radical (unpaired) electrons. The van der Waals surface area contributed by atoms with Gasteiger partial charge in [-0.1, -0.05) is 83.6 Å². The van der Waals surface area contributed by atoms with E-state index in [-0.39, 0.29) is 11.0 Å². The highest BCUT2D eigenvalue weighted by Crippen LogP contribution is 2.62. The fourth-order valence-corrected chi connectivity index (χ4v) is 13.9. The Balaban J connectivity index is 1.33. The van der Waals surface area contributed by atoms with Crippen molar-refractivity contribution in [2.24, 2.45) is 10.8 Å². The molecule has 0 N–H and O–H groups in total. The minimum absolute atomic E-state index is 0.00864. The van der Waals surface area contributed by atoms with Crippen LogP contribution in [0.4, 0.5) is 5.69 Å². The molecule has 0 amide bonds. The average molecular weight is 692 g/mol. The third kappa shape index (κ3) is 7.92. The summed E-state index contributed by atoms with van der Waals surface area (Å²) in [6.07, 6.45) is 23.4. The summed E-state index contributed by atoms with van der Waals surface area (Å²) in [6, 6.07) is 12.0. The molecule has 3 aliphatic heterocycles. The van der Waals surface area contributed by atoms with E-state index in [4.69, 9.17) is 4.74 Å². The Bertz CT molecular complexity index is 1550. The fraction of sp³-hybridized carbons (Fsp3) is 0.628. The monoisotopic (exact) mass is 691 g/mol. The van der Waals surface area contributed by atoms with Gasteiger partial charge in [0.25, 0.3) is 0 Å². The summed E-state index contributed by atoms with van der Waals surface area (Å²) in [6.45, 7) is 19.8. The van der Waals surface area contributed by atoms with Gasteiger partial charge in [-0.05, 0) is 122 Å². The number of hydrogen-bond donors (Lipinski definition) is 0. The normalized spacial score (nSPS) is 27.9. The molecular formula is C43H61N3OSi2. The molecule has 0 aromatic heterocycles. The summed E-state index contributed by atoms with van der Waals surface area (Å²) in [5.41, 5.74) is 7.37. The molecule has 3 fully saturated rings. The number of allylic oxidation sites excluding steroid dienone is 6. The van der Waals surface area contributed by atoms with E-state index in [0.717, 1.165) is 30.8 Å². The van der Waals surface area contributed by atoms with E-state index in [0.29, 0.717) is 22.8 Å². The first kappa shape index (κ1) is 36.0. The van der Waals surface area contributed by atoms with Crippen LogP contribution in [-0.2, 0) is 4.74 Å². The summed E-state index contributed by atoms with van der Waals surface area (Å²) >= 11 is 0. The van der Waals surface area contributed by atoms with Crippen LogP contribution in [0.15, 0.2) is 53.0 Å². The van der Waals surface area contributed by atoms with Crippen LogP contribution in [0.1, 0.15) is 112 Å². The first-order valence-corrected chi connectivity index (χ1v) is 26.9. The lowest BCUT2D eigenvalue weighted by Crippen LogP contribution is -2.43. The van der Waals surface area contributed by atoms with Gasteiger partial charge in [0.2, 0.25) is 0 Å². The molecule has 3 heterocycles. The van der Waals surface area contributed by atoms with E-state index in [1.54, 1.807) is 16.8 Å². The third-order valence-electron chi connectivity index (χ3n) is 12.6. The summed E-state index contributed by atoms with van der Waals surface area (Å²) in [4.78, 5) is 2.71. The standard InChI is InChI=1S/C43H61N3OSi2/c1-8-9-10-15-42-16-19-43(20-17-42,21-18-42)40-27-35(36(28-44)29-45)26-37(47-40)12-11-32-24-38-33(30-48(2,3)4)13-22-46-23-14-34(31-49(5,6)7)39(25-32)41(38)46/h11-12,24-27,33-34H,8-10,13-23,30-31H2,1-7H3/b12-11+. The van der Waals surface area contributed by atoms with Gasteiger partial charge in [-0.2, -0.15) is 10.5 Å². The predicted octanol–water partition coefficient (Wildman–Crippen LogP) is 12.2. The summed E-state index contributed by atoms with van der Waals surface area (Å²) in [7, 11) is -2.51. The molecule has 2 bridgehead atoms. The van der Waals surface area contributed by atoms with Crippen molar-refractivity contribution < 1.29 is 4.74 Å². The molecule has 1 aromatic carbocycles. The molecule has 3 saturated carbocycles. The molecule has 7 rings (SSSR count). The molecular weight excluding hydrogens is 631 g/mol. The van der Waals surface area contributed by atoms with Crippen molar-refractivity contribution in [2.75, 3.05) is 18.0 Å². The van der Waals surface area contributed by atoms with E-state index in [1.807, 2.05) is 12.2 Å². The van der Waals surface area contributed by atoms with Gasteiger partial charge in [-0.15, -0.1) is 0 Å². The van der Waals surface area contributed by atoms with Crippen molar-refractivity contribution >= 4 is 27.9 Å². The second-order valence-corrected chi connectivity index (χ2v) is 29.9. The molecule has 0 saturated heterocycles. The minimum Gasteiger partial charge on any atom is -0.461 e. The number of rotatable bonds is 11. The van der Waals surface area contributed by atoms with E-state index in [2.05, 4.69) is 87.5 Å². The van der Waals surface area contributed by atoms with Gasteiger partial charge in [0.05, 0.1) is 0 Å². The van der Waals surface area contributed by atoms with Gasteiger partial charge in [0.1, 0.15) is 29.2 Å². The Morgan fingerprint density at radius 1 is 0.837 bits per heavy atom. The number of fused-ring (bicyclic) bond motifs is 3. The Morgan fingerprint density at radius 3 is 1.92 bits per heavy atom. The smallest absolute Gasteiger partial charge is 0.137 e. The van der Waals surface area contributed by atoms with Crippen molar-refractivity contribution in [1.29, 1.82) is 10.5 Å². The first-order valence-electron chi connectivity index (χ1n) is 19.5. The third-order valence-corrected chi connectivity index (χ3v) is 16.0. The minimum atomic E-state index is -1.26. The second-order valence-electron chi connectivity index (χ2n) is 18.8. The summed E-state index contributed by atoms with van der Waals surface area (Å²) < 4.78 is 6.82. The molecule has 0 spiro atoms. The van der Waals surface area contributed by atoms with Crippen LogP contribution in [-0.4, -0.2) is 29.2 Å². The molecule has 49 heavy (non-hydrogen) atoms. The number of nitriles is 2. The molecule has 262 valence electrons. The predicted molar refractivity (Wildman–Crippen MR) is 211 cm³/mol. The van der Waals surface area contributed by atoms with Crippen molar-refractivity contribution in [3.05, 3.63) is 69.7 Å². The van der Waals surface area contributed by atoms with Crippen molar-refractivity contribution in [1.82, 2.24) is 0 Å². The average Bonchev–Trinajstić information content (AvgIpc) is 3.06. The summed E-state index contributed by atoms with van der Waals surface area (Å²) in [5, 5.41) is 19.8. The lowest BCUT2D eigenvalue weighted by atomic mass is 9.52. The van der Waals surface area contributed by atoms with Crippen LogP contribution in [0.2, 0.25) is 51.4 Å². The topological polar surface area (TPSA) is 60.0 Å². The van der Waals surface area contributed by atoms with Crippen LogP contribution in [0, 0.1) is 33.5 Å². The van der Waals surface area contributed by atoms with Gasteiger partial charge < -0.3 is 9.64 Å². The van der Waals surface area contributed by atoms with Gasteiger partial charge in [-0.3, -0.25) is 0 Å². The highest BCUT2D eigenvalue weighted by atomic mass is 28.3. The zero-order valence-corrected chi connectivity index (χ0v) is 33.7. The van der Waals surface area contributed by atoms with E-state index in [9.17, 15) is 10.5 Å². The zero-order chi connectivity index (χ0) is 35.0. The SMILES string of the molecule is CCCCCC12CCC(C3=CC(=C(C#N)C#N)C=C(/C=C/c4cc5c6c(c4)C(C[Si](C)(C)C)CCN6CCC5C[Si](C)(C)C)O3)(CC1)CC2. The summed E-state index contributed by atoms with van der Waals surface area (Å²) in [5.74, 6) is 2.99. The molecule has 2 unspecified atom stereocenters. The maximum atomic E-state index is 9.90. The number of hydrogen-bond acceptors (Lipinski definition) is 4. The van der Waals surface area contributed by atoms with Crippen LogP contribution in [0.3, 0.4) is 0 Å². The molecule has 2 atom stereocenters. The Kier molecular flexibility index (Phi) is 10.3. The number of nitrogens with zero attached hydrogens (tertiary/aromatic N) is 3. The molecule has 3 aliphatic carbocycles. The highest BCUT2D eigenvalue weighted by Gasteiger charge is 2.51. The largest absolute Gasteiger partial charge is 0.461 e. The van der Waals surface area contributed by atoms with Crippen LogP contribution < -0.4 is 4.90 Å². The Morgan fingerprint density at radius 2 is 1.41 bits per heavy atom. The number of unbranched alkanes of at least 4 members (excludes halogenated alkanes) is 2. The number of anilines is 1. The first-order chi connectivity index (χ1) is 23.3. The van der Waals surface area contributed by atoms with Crippen molar-refractivity contribution in [3.63, 3.8) is 0 Å². The number of ether oxygens (including phenoxy) is 1. The fourth-order valence-electron chi connectivity index (χ4n) is 10.1. The maximum absolute atomic E-state index is 9.90. The highest BCUT2D eigenvalue weighted by molar-refractivity contribution is 6.76. The second kappa shape index (κ2) is 14.1. The Labute approximate surface area is 300 Å². The van der Waals surface area contributed by atoms with Crippen LogP contribution in [0.5, 0.6) is 0 Å². The van der Waals surface area contributed by atoms with Crippen LogP contribution >= 0.6 is 0 Å². The Hall–Kier alpha value is -2.81. The van der Waals surface area contributed by atoms with Gasteiger partial charge in [0, 0.05) is 45.9 Å². The van der Waals surface area contributed by atoms with E-state index >= 15 is 0 Å². The zero-order valence-electron chi connectivity index (χ0n) is 31.7. The molecule has 6 heteroatoms. The quantitative estimate of drug-likeness (QED) is 0.132. The van der Waals surface area contributed by atoms with E-state index < -0.39 is 16.1 Å². The molecule has 1 aromatic rings. The molecule has 6 aliphatic rings. The van der Waals surface area contributed by atoms with Crippen molar-refractivity contribution in [2.45, 2.75) is 147 Å². The van der Waals surface area contributed by atoms with Gasteiger partial charge >= 0.3 is 0 Å². The molecule has 4 nitrogen and oxygen atoms in total. The van der Waals surface area contributed by atoms with Crippen LogP contribution in [0.25, 0.3) is 6.08 Å². The lowest BCUT2D eigenvalue weighted by molar-refractivity contribution is -0.0195.